The summed E-state index contributed by atoms with van der Waals surface area (Å²) in [6, 6.07) is 0.461. The Labute approximate surface area is 94.1 Å². The summed E-state index contributed by atoms with van der Waals surface area (Å²) in [7, 11) is 0. The second kappa shape index (κ2) is 3.93. The average Bonchev–Trinajstić information content (AvgIpc) is 2.92. The molecule has 3 nitrogen and oxygen atoms in total. The lowest BCUT2D eigenvalue weighted by Crippen LogP contribution is -2.17. The molecule has 1 saturated carbocycles. The van der Waals surface area contributed by atoms with Crippen LogP contribution >= 0.6 is 11.5 Å². The van der Waals surface area contributed by atoms with E-state index in [0.29, 0.717) is 6.04 Å². The third-order valence-corrected chi connectivity index (χ3v) is 3.77. The predicted molar refractivity (Wildman–Crippen MR) is 62.7 cm³/mol. The van der Waals surface area contributed by atoms with E-state index in [2.05, 4.69) is 16.6 Å². The van der Waals surface area contributed by atoms with Gasteiger partial charge in [0.05, 0.1) is 11.3 Å². The van der Waals surface area contributed by atoms with E-state index < -0.39 is 0 Å². The van der Waals surface area contributed by atoms with Gasteiger partial charge in [0.25, 0.3) is 0 Å². The zero-order valence-corrected chi connectivity index (χ0v) is 10.1. The number of aromatic nitrogens is 1. The van der Waals surface area contributed by atoms with Crippen molar-refractivity contribution in [2.45, 2.75) is 39.7 Å². The van der Waals surface area contributed by atoms with Gasteiger partial charge in [0.2, 0.25) is 0 Å². The monoisotopic (exact) mass is 224 g/mol. The SMILES string of the molecule is CC(=O)c1c(C)nsc1NC(C)C1CC1. The molecule has 0 radical (unpaired) electrons. The Hall–Kier alpha value is -0.900. The number of hydrogen-bond donors (Lipinski definition) is 1. The van der Waals surface area contributed by atoms with Crippen LogP contribution < -0.4 is 5.32 Å². The zero-order chi connectivity index (χ0) is 11.0. The predicted octanol–water partition coefficient (Wildman–Crippen LogP) is 2.86. The number of ketones is 1. The van der Waals surface area contributed by atoms with Gasteiger partial charge in [0, 0.05) is 6.04 Å². The van der Waals surface area contributed by atoms with Gasteiger partial charge < -0.3 is 5.32 Å². The number of anilines is 1. The smallest absolute Gasteiger partial charge is 0.164 e. The van der Waals surface area contributed by atoms with Crippen molar-refractivity contribution in [1.29, 1.82) is 0 Å². The Morgan fingerprint density at radius 2 is 2.27 bits per heavy atom. The standard InChI is InChI=1S/C11H16N2OS/c1-6(9-4-5-9)12-11-10(8(3)14)7(2)13-15-11/h6,9,12H,4-5H2,1-3H3. The largest absolute Gasteiger partial charge is 0.372 e. The van der Waals surface area contributed by atoms with E-state index in [0.717, 1.165) is 22.2 Å². The summed E-state index contributed by atoms with van der Waals surface area (Å²) in [5.74, 6) is 0.888. The summed E-state index contributed by atoms with van der Waals surface area (Å²) in [5, 5.41) is 4.35. The number of carbonyl (C=O) groups is 1. The van der Waals surface area contributed by atoms with Crippen molar-refractivity contribution in [3.8, 4) is 0 Å². The van der Waals surface area contributed by atoms with Crippen LogP contribution in [0.3, 0.4) is 0 Å². The van der Waals surface area contributed by atoms with Gasteiger partial charge >= 0.3 is 0 Å². The van der Waals surface area contributed by atoms with Crippen LogP contribution in [0.15, 0.2) is 0 Å². The molecular formula is C11H16N2OS. The molecule has 1 heterocycles. The van der Waals surface area contributed by atoms with Gasteiger partial charge in [-0.15, -0.1) is 0 Å². The second-order valence-electron chi connectivity index (χ2n) is 4.30. The molecule has 1 fully saturated rings. The third-order valence-electron chi connectivity index (χ3n) is 2.90. The molecule has 1 aromatic heterocycles. The Balaban J connectivity index is 2.16. The number of aryl methyl sites for hydroxylation is 1. The summed E-state index contributed by atoms with van der Waals surface area (Å²) in [6.07, 6.45) is 2.61. The first-order valence-electron chi connectivity index (χ1n) is 5.33. The number of Topliss-reactive ketones (excluding diaryl/α,β-unsaturated/α-hetero) is 1. The van der Waals surface area contributed by atoms with Gasteiger partial charge in [-0.2, -0.15) is 4.37 Å². The van der Waals surface area contributed by atoms with Crippen molar-refractivity contribution in [2.75, 3.05) is 5.32 Å². The Bertz CT molecular complexity index is 382. The van der Waals surface area contributed by atoms with Gasteiger partial charge in [0.15, 0.2) is 5.78 Å². The van der Waals surface area contributed by atoms with Crippen molar-refractivity contribution < 1.29 is 4.79 Å². The average molecular weight is 224 g/mol. The van der Waals surface area contributed by atoms with E-state index in [-0.39, 0.29) is 5.78 Å². The lowest BCUT2D eigenvalue weighted by molar-refractivity contribution is 0.101. The van der Waals surface area contributed by atoms with Crippen molar-refractivity contribution in [3.63, 3.8) is 0 Å². The molecule has 15 heavy (non-hydrogen) atoms. The maximum absolute atomic E-state index is 11.4. The molecule has 1 atom stereocenters. The summed E-state index contributed by atoms with van der Waals surface area (Å²) in [4.78, 5) is 11.4. The van der Waals surface area contributed by atoms with Crippen molar-refractivity contribution in [3.05, 3.63) is 11.3 Å². The second-order valence-corrected chi connectivity index (χ2v) is 5.07. The third kappa shape index (κ3) is 2.20. The highest BCUT2D eigenvalue weighted by atomic mass is 32.1. The highest BCUT2D eigenvalue weighted by molar-refractivity contribution is 7.10. The minimum atomic E-state index is 0.103. The fourth-order valence-electron chi connectivity index (χ4n) is 1.80. The zero-order valence-electron chi connectivity index (χ0n) is 9.33. The first-order chi connectivity index (χ1) is 7.09. The van der Waals surface area contributed by atoms with Gasteiger partial charge in [-0.05, 0) is 51.1 Å². The van der Waals surface area contributed by atoms with Gasteiger partial charge in [0.1, 0.15) is 5.00 Å². The van der Waals surface area contributed by atoms with Gasteiger partial charge in [-0.3, -0.25) is 4.79 Å². The molecule has 82 valence electrons. The summed E-state index contributed by atoms with van der Waals surface area (Å²) in [5.41, 5.74) is 1.62. The summed E-state index contributed by atoms with van der Waals surface area (Å²) in [6.45, 7) is 5.67. The Kier molecular flexibility index (Phi) is 2.78. The molecule has 0 aromatic carbocycles. The normalized spacial score (nSPS) is 17.5. The molecule has 0 spiro atoms. The van der Waals surface area contributed by atoms with Crippen LogP contribution in [0.25, 0.3) is 0 Å². The van der Waals surface area contributed by atoms with E-state index in [4.69, 9.17) is 0 Å². The molecule has 2 rings (SSSR count). The minimum absolute atomic E-state index is 0.103. The summed E-state index contributed by atoms with van der Waals surface area (Å²) >= 11 is 1.40. The highest BCUT2D eigenvalue weighted by Gasteiger charge is 2.29. The fraction of sp³-hybridized carbons (Fsp3) is 0.636. The molecule has 1 N–H and O–H groups in total. The number of hydrogen-bond acceptors (Lipinski definition) is 4. The highest BCUT2D eigenvalue weighted by Crippen LogP contribution is 2.35. The van der Waals surface area contributed by atoms with E-state index in [1.807, 2.05) is 6.92 Å². The molecule has 1 unspecified atom stereocenters. The minimum Gasteiger partial charge on any atom is -0.372 e. The number of rotatable bonds is 4. The van der Waals surface area contributed by atoms with Crippen LogP contribution in [0.5, 0.6) is 0 Å². The molecule has 0 bridgehead atoms. The van der Waals surface area contributed by atoms with Crippen molar-refractivity contribution in [1.82, 2.24) is 4.37 Å². The van der Waals surface area contributed by atoms with E-state index in [9.17, 15) is 4.79 Å². The number of nitrogens with zero attached hydrogens (tertiary/aromatic N) is 1. The first-order valence-corrected chi connectivity index (χ1v) is 6.10. The molecule has 1 aromatic rings. The maximum Gasteiger partial charge on any atom is 0.164 e. The van der Waals surface area contributed by atoms with E-state index in [1.165, 1.54) is 24.4 Å². The van der Waals surface area contributed by atoms with Gasteiger partial charge in [-0.25, -0.2) is 0 Å². The number of carbonyl (C=O) groups excluding carboxylic acids is 1. The van der Waals surface area contributed by atoms with Crippen LogP contribution in [-0.4, -0.2) is 16.2 Å². The van der Waals surface area contributed by atoms with Gasteiger partial charge in [-0.1, -0.05) is 0 Å². The molecule has 1 aliphatic carbocycles. The lowest BCUT2D eigenvalue weighted by atomic mass is 10.1. The fourth-order valence-corrected chi connectivity index (χ4v) is 2.74. The van der Waals surface area contributed by atoms with Crippen LogP contribution in [0.1, 0.15) is 42.7 Å². The van der Waals surface area contributed by atoms with E-state index in [1.54, 1.807) is 6.92 Å². The molecule has 4 heteroatoms. The topological polar surface area (TPSA) is 42.0 Å². The van der Waals surface area contributed by atoms with Crippen LogP contribution in [0, 0.1) is 12.8 Å². The Morgan fingerprint density at radius 3 is 2.80 bits per heavy atom. The van der Waals surface area contributed by atoms with Crippen LogP contribution in [0.2, 0.25) is 0 Å². The quantitative estimate of drug-likeness (QED) is 0.800. The molecule has 0 aliphatic heterocycles. The van der Waals surface area contributed by atoms with Crippen molar-refractivity contribution in [2.24, 2.45) is 5.92 Å². The van der Waals surface area contributed by atoms with Crippen LogP contribution in [0.4, 0.5) is 5.00 Å². The molecule has 1 aliphatic rings. The van der Waals surface area contributed by atoms with Crippen molar-refractivity contribution >= 4 is 22.3 Å². The summed E-state index contributed by atoms with van der Waals surface area (Å²) < 4.78 is 4.23. The molecular weight excluding hydrogens is 208 g/mol. The molecule has 0 amide bonds. The lowest BCUT2D eigenvalue weighted by Gasteiger charge is -2.12. The molecule has 0 saturated heterocycles. The maximum atomic E-state index is 11.4. The number of nitrogens with one attached hydrogen (secondary N) is 1. The van der Waals surface area contributed by atoms with Crippen LogP contribution in [-0.2, 0) is 0 Å². The Morgan fingerprint density at radius 1 is 1.60 bits per heavy atom. The first kappa shape index (κ1) is 10.6. The van der Waals surface area contributed by atoms with E-state index >= 15 is 0 Å².